The Morgan fingerprint density at radius 3 is 3.00 bits per heavy atom. The molecule has 1 N–H and O–H groups in total. The summed E-state index contributed by atoms with van der Waals surface area (Å²) in [4.78, 5) is 15.8. The van der Waals surface area contributed by atoms with Crippen LogP contribution in [0.3, 0.4) is 0 Å². The number of nitrogens with zero attached hydrogens (tertiary/aromatic N) is 1. The topological polar surface area (TPSA) is 42.0 Å². The van der Waals surface area contributed by atoms with Gasteiger partial charge in [0.2, 0.25) is 0 Å². The molecule has 3 nitrogen and oxygen atoms in total. The van der Waals surface area contributed by atoms with E-state index in [1.165, 1.54) is 0 Å². The monoisotopic (exact) mass is 364 g/mol. The molecule has 2 heterocycles. The molecular formula is C10H9IN2OS2. The highest BCUT2D eigenvalue weighted by molar-refractivity contribution is 14.1. The van der Waals surface area contributed by atoms with Gasteiger partial charge < -0.3 is 5.32 Å². The van der Waals surface area contributed by atoms with Gasteiger partial charge in [-0.1, -0.05) is 0 Å². The number of hydrogen-bond donors (Lipinski definition) is 1. The Bertz CT molecular complexity index is 467. The second kappa shape index (κ2) is 5.74. The summed E-state index contributed by atoms with van der Waals surface area (Å²) in [6.07, 6.45) is 2.58. The van der Waals surface area contributed by atoms with Crippen molar-refractivity contribution in [1.82, 2.24) is 10.3 Å². The number of aromatic nitrogens is 1. The van der Waals surface area contributed by atoms with E-state index in [-0.39, 0.29) is 5.91 Å². The van der Waals surface area contributed by atoms with Crippen LogP contribution in [0, 0.1) is 2.88 Å². The molecule has 0 saturated carbocycles. The fraction of sp³-hybridized carbons (Fsp3) is 0.200. The summed E-state index contributed by atoms with van der Waals surface area (Å²) in [5.74, 6) is -0.00396. The molecule has 0 fully saturated rings. The van der Waals surface area contributed by atoms with Crippen molar-refractivity contribution < 1.29 is 4.79 Å². The minimum atomic E-state index is -0.00396. The van der Waals surface area contributed by atoms with Crippen molar-refractivity contribution in [2.75, 3.05) is 6.54 Å². The van der Waals surface area contributed by atoms with Crippen LogP contribution in [0.4, 0.5) is 0 Å². The molecule has 0 aliphatic heterocycles. The van der Waals surface area contributed by atoms with Crippen molar-refractivity contribution >= 4 is 51.2 Å². The molecule has 2 aromatic heterocycles. The first-order chi connectivity index (χ1) is 7.75. The number of thiophene rings is 1. The molecule has 0 saturated heterocycles. The zero-order chi connectivity index (χ0) is 11.4. The third-order valence-electron chi connectivity index (χ3n) is 1.94. The van der Waals surface area contributed by atoms with E-state index in [9.17, 15) is 4.79 Å². The summed E-state index contributed by atoms with van der Waals surface area (Å²) in [6, 6.07) is 1.89. The van der Waals surface area contributed by atoms with Crippen LogP contribution in [0.5, 0.6) is 0 Å². The van der Waals surface area contributed by atoms with Gasteiger partial charge >= 0.3 is 0 Å². The number of hydrogen-bond acceptors (Lipinski definition) is 4. The van der Waals surface area contributed by atoms with Gasteiger partial charge in [-0.05, 0) is 28.7 Å². The summed E-state index contributed by atoms with van der Waals surface area (Å²) in [5, 5.41) is 7.76. The summed E-state index contributed by atoms with van der Waals surface area (Å²) in [7, 11) is 0. The van der Waals surface area contributed by atoms with Crippen LogP contribution in [-0.4, -0.2) is 17.4 Å². The third-order valence-corrected chi connectivity index (χ3v) is 4.57. The molecule has 84 valence electrons. The minimum Gasteiger partial charge on any atom is -0.352 e. The smallest absolute Gasteiger partial charge is 0.252 e. The molecule has 0 radical (unpaired) electrons. The van der Waals surface area contributed by atoms with Gasteiger partial charge in [-0.15, -0.1) is 22.7 Å². The van der Waals surface area contributed by atoms with E-state index in [2.05, 4.69) is 32.9 Å². The predicted octanol–water partition coefficient (Wildman–Crippen LogP) is 2.78. The standard InChI is InChI=1S/C10H9IN2OS2/c11-8-5-7(6-16-8)10(14)13-2-1-9-12-3-4-15-9/h3-6H,1-2H2,(H,13,14). The van der Waals surface area contributed by atoms with Crippen LogP contribution in [0.2, 0.25) is 0 Å². The molecule has 6 heteroatoms. The Kier molecular flexibility index (Phi) is 4.30. The van der Waals surface area contributed by atoms with E-state index in [4.69, 9.17) is 0 Å². The molecule has 0 aliphatic carbocycles. The zero-order valence-electron chi connectivity index (χ0n) is 8.27. The van der Waals surface area contributed by atoms with Crippen LogP contribution >= 0.6 is 45.3 Å². The fourth-order valence-corrected chi connectivity index (χ4v) is 3.14. The molecule has 0 unspecified atom stereocenters. The van der Waals surface area contributed by atoms with Gasteiger partial charge in [0.1, 0.15) is 0 Å². The SMILES string of the molecule is O=C(NCCc1nccs1)c1csc(I)c1. The van der Waals surface area contributed by atoms with Crippen molar-refractivity contribution in [2.45, 2.75) is 6.42 Å². The molecule has 2 aromatic rings. The number of carbonyl (C=O) groups excluding carboxylic acids is 1. The number of thiazole rings is 1. The highest BCUT2D eigenvalue weighted by atomic mass is 127. The normalized spacial score (nSPS) is 10.3. The highest BCUT2D eigenvalue weighted by Crippen LogP contribution is 2.16. The molecule has 0 bridgehead atoms. The maximum Gasteiger partial charge on any atom is 0.252 e. The summed E-state index contributed by atoms with van der Waals surface area (Å²) < 4.78 is 1.13. The predicted molar refractivity (Wildman–Crippen MR) is 75.2 cm³/mol. The minimum absolute atomic E-state index is 0.00396. The molecule has 16 heavy (non-hydrogen) atoms. The van der Waals surface area contributed by atoms with Crippen molar-refractivity contribution in [2.24, 2.45) is 0 Å². The molecule has 2 rings (SSSR count). The van der Waals surface area contributed by atoms with Gasteiger partial charge in [0.25, 0.3) is 5.91 Å². The Balaban J connectivity index is 1.80. The average molecular weight is 364 g/mol. The maximum absolute atomic E-state index is 11.7. The van der Waals surface area contributed by atoms with E-state index in [0.29, 0.717) is 6.54 Å². The van der Waals surface area contributed by atoms with E-state index in [0.717, 1.165) is 19.9 Å². The Hall–Kier alpha value is -0.470. The maximum atomic E-state index is 11.7. The second-order valence-electron chi connectivity index (χ2n) is 3.07. The lowest BCUT2D eigenvalue weighted by molar-refractivity contribution is 0.0954. The lowest BCUT2D eigenvalue weighted by atomic mass is 10.3. The van der Waals surface area contributed by atoms with E-state index < -0.39 is 0 Å². The van der Waals surface area contributed by atoms with Gasteiger partial charge in [-0.3, -0.25) is 4.79 Å². The lowest BCUT2D eigenvalue weighted by Gasteiger charge is -2.01. The van der Waals surface area contributed by atoms with Crippen LogP contribution in [-0.2, 0) is 6.42 Å². The summed E-state index contributed by atoms with van der Waals surface area (Å²) in [5.41, 5.74) is 0.744. The molecule has 0 aliphatic rings. The number of halogens is 1. The Morgan fingerprint density at radius 1 is 1.50 bits per heavy atom. The number of carbonyl (C=O) groups is 1. The first kappa shape index (κ1) is 12.0. The largest absolute Gasteiger partial charge is 0.352 e. The van der Waals surface area contributed by atoms with Gasteiger partial charge in [-0.25, -0.2) is 4.98 Å². The number of nitrogens with one attached hydrogen (secondary N) is 1. The van der Waals surface area contributed by atoms with Gasteiger partial charge in [-0.2, -0.15) is 0 Å². The van der Waals surface area contributed by atoms with Crippen molar-refractivity contribution in [3.63, 3.8) is 0 Å². The third kappa shape index (κ3) is 3.26. The van der Waals surface area contributed by atoms with E-state index in [1.807, 2.05) is 16.8 Å². The Morgan fingerprint density at radius 2 is 2.38 bits per heavy atom. The molecular weight excluding hydrogens is 355 g/mol. The molecule has 0 spiro atoms. The number of rotatable bonds is 4. The van der Waals surface area contributed by atoms with Crippen LogP contribution in [0.1, 0.15) is 15.4 Å². The first-order valence-electron chi connectivity index (χ1n) is 4.66. The van der Waals surface area contributed by atoms with E-state index >= 15 is 0 Å². The highest BCUT2D eigenvalue weighted by Gasteiger charge is 2.07. The lowest BCUT2D eigenvalue weighted by Crippen LogP contribution is -2.25. The van der Waals surface area contributed by atoms with Crippen LogP contribution in [0.15, 0.2) is 23.0 Å². The van der Waals surface area contributed by atoms with Crippen molar-refractivity contribution in [3.8, 4) is 0 Å². The van der Waals surface area contributed by atoms with Crippen LogP contribution < -0.4 is 5.32 Å². The molecule has 0 aromatic carbocycles. The summed E-state index contributed by atoms with van der Waals surface area (Å²) >= 11 is 5.40. The van der Waals surface area contributed by atoms with Gasteiger partial charge in [0, 0.05) is 29.9 Å². The van der Waals surface area contributed by atoms with Gasteiger partial charge in [0.05, 0.1) is 13.5 Å². The fourth-order valence-electron chi connectivity index (χ4n) is 1.19. The first-order valence-corrected chi connectivity index (χ1v) is 7.50. The quantitative estimate of drug-likeness (QED) is 0.848. The van der Waals surface area contributed by atoms with Crippen molar-refractivity contribution in [1.29, 1.82) is 0 Å². The summed E-state index contributed by atoms with van der Waals surface area (Å²) in [6.45, 7) is 0.638. The Labute approximate surface area is 115 Å². The average Bonchev–Trinajstić information content (AvgIpc) is 2.89. The van der Waals surface area contributed by atoms with E-state index in [1.54, 1.807) is 28.9 Å². The zero-order valence-corrected chi connectivity index (χ0v) is 12.1. The van der Waals surface area contributed by atoms with Crippen LogP contribution in [0.25, 0.3) is 0 Å². The molecule has 0 atom stereocenters. The number of amides is 1. The molecule has 1 amide bonds. The van der Waals surface area contributed by atoms with Crippen molar-refractivity contribution in [3.05, 3.63) is 36.5 Å². The van der Waals surface area contributed by atoms with Gasteiger partial charge in [0.15, 0.2) is 0 Å². The second-order valence-corrected chi connectivity index (χ2v) is 6.86.